The molecule has 1 aromatic heterocycles. The number of hydrogen-bond acceptors (Lipinski definition) is 5. The first-order valence-electron chi connectivity index (χ1n) is 10.2. The third-order valence-corrected chi connectivity index (χ3v) is 7.33. The van der Waals surface area contributed by atoms with Crippen LogP contribution in [0.1, 0.15) is 36.9 Å². The van der Waals surface area contributed by atoms with Crippen molar-refractivity contribution >= 4 is 9.84 Å². The molecule has 1 aliphatic heterocycles. The highest BCUT2D eigenvalue weighted by molar-refractivity contribution is 7.91. The molecule has 4 rings (SSSR count). The molecule has 1 saturated heterocycles. The number of ether oxygens (including phenoxy) is 1. The van der Waals surface area contributed by atoms with Crippen LogP contribution in [0.4, 0.5) is 4.39 Å². The minimum Gasteiger partial charge on any atom is -0.376 e. The Labute approximate surface area is 171 Å². The van der Waals surface area contributed by atoms with Crippen molar-refractivity contribution < 1.29 is 17.5 Å². The lowest BCUT2D eigenvalue weighted by atomic mass is 10.2. The molecule has 1 saturated carbocycles. The normalized spacial score (nSPS) is 19.9. The van der Waals surface area contributed by atoms with E-state index in [9.17, 15) is 12.8 Å². The van der Waals surface area contributed by atoms with Gasteiger partial charge in [0.05, 0.1) is 30.3 Å². The quantitative estimate of drug-likeness (QED) is 0.623. The number of aromatic nitrogens is 2. The smallest absolute Gasteiger partial charge is 0.227 e. The topological polar surface area (TPSA) is 64.4 Å². The average molecular weight is 422 g/mol. The molecule has 0 N–H and O–H groups in total. The van der Waals surface area contributed by atoms with E-state index in [4.69, 9.17) is 4.74 Å². The van der Waals surface area contributed by atoms with E-state index >= 15 is 0 Å². The molecular weight excluding hydrogens is 393 g/mol. The van der Waals surface area contributed by atoms with Gasteiger partial charge in [-0.15, -0.1) is 0 Å². The van der Waals surface area contributed by atoms with Crippen molar-refractivity contribution in [3.63, 3.8) is 0 Å². The Balaban J connectivity index is 1.53. The number of imidazole rings is 1. The van der Waals surface area contributed by atoms with Gasteiger partial charge in [0, 0.05) is 19.7 Å². The van der Waals surface area contributed by atoms with Gasteiger partial charge in [-0.2, -0.15) is 0 Å². The summed E-state index contributed by atoms with van der Waals surface area (Å²) in [5.41, 5.74) is 1.86. The van der Waals surface area contributed by atoms with E-state index in [2.05, 4.69) is 9.88 Å². The average Bonchev–Trinajstić information content (AvgIpc) is 3.15. The first-order valence-corrected chi connectivity index (χ1v) is 11.9. The molecular formula is C21H28FN3O3S. The Kier molecular flexibility index (Phi) is 6.03. The lowest BCUT2D eigenvalue weighted by Crippen LogP contribution is -2.25. The molecule has 2 fully saturated rings. The lowest BCUT2D eigenvalue weighted by molar-refractivity contribution is 0.0934. The predicted octanol–water partition coefficient (Wildman–Crippen LogP) is 3.02. The van der Waals surface area contributed by atoms with E-state index in [1.165, 1.54) is 12.1 Å². The molecule has 1 atom stereocenters. The van der Waals surface area contributed by atoms with E-state index in [-0.39, 0.29) is 28.7 Å². The van der Waals surface area contributed by atoms with E-state index < -0.39 is 9.84 Å². The fourth-order valence-electron chi connectivity index (χ4n) is 3.86. The summed E-state index contributed by atoms with van der Waals surface area (Å²) in [7, 11) is -1.45. The van der Waals surface area contributed by atoms with Crippen LogP contribution in [0.2, 0.25) is 0 Å². The van der Waals surface area contributed by atoms with Crippen molar-refractivity contribution in [1.29, 1.82) is 0 Å². The molecule has 2 aromatic rings. The summed E-state index contributed by atoms with van der Waals surface area (Å²) < 4.78 is 46.6. The lowest BCUT2D eigenvalue weighted by Gasteiger charge is -2.20. The molecule has 2 aliphatic rings. The van der Waals surface area contributed by atoms with E-state index in [1.807, 2.05) is 11.6 Å². The van der Waals surface area contributed by atoms with Gasteiger partial charge < -0.3 is 9.30 Å². The standard InChI is InChI=1S/C21H28FN3O3S/c1-24(12-16-6-8-18(22)9-7-16)13-19-11-23-21(29(26,27)15-17-4-5-17)25(19)14-20-3-2-10-28-20/h6-9,11,17,20H,2-5,10,12-15H2,1H3/t20-/m0/s1. The van der Waals surface area contributed by atoms with Gasteiger partial charge in [0.1, 0.15) is 5.82 Å². The third kappa shape index (κ3) is 5.24. The molecule has 158 valence electrons. The third-order valence-electron chi connectivity index (χ3n) is 5.54. The van der Waals surface area contributed by atoms with Gasteiger partial charge in [0.15, 0.2) is 0 Å². The van der Waals surface area contributed by atoms with Crippen LogP contribution < -0.4 is 0 Å². The molecule has 2 heterocycles. The van der Waals surface area contributed by atoms with Gasteiger partial charge in [-0.3, -0.25) is 4.90 Å². The van der Waals surface area contributed by atoms with E-state index in [0.29, 0.717) is 19.6 Å². The summed E-state index contributed by atoms with van der Waals surface area (Å²) in [6.45, 7) is 2.42. The highest BCUT2D eigenvalue weighted by Crippen LogP contribution is 2.32. The molecule has 0 amide bonds. The van der Waals surface area contributed by atoms with Gasteiger partial charge >= 0.3 is 0 Å². The van der Waals surface area contributed by atoms with Crippen LogP contribution in [0.25, 0.3) is 0 Å². The maximum absolute atomic E-state index is 13.1. The second kappa shape index (κ2) is 8.53. The second-order valence-electron chi connectivity index (χ2n) is 8.30. The molecule has 1 aliphatic carbocycles. The van der Waals surface area contributed by atoms with Gasteiger partial charge in [-0.1, -0.05) is 12.1 Å². The molecule has 0 spiro atoms. The fraction of sp³-hybridized carbons (Fsp3) is 0.571. The fourth-order valence-corrected chi connectivity index (χ4v) is 5.70. The number of sulfone groups is 1. The number of benzene rings is 1. The van der Waals surface area contributed by atoms with E-state index in [1.54, 1.807) is 18.3 Å². The minimum atomic E-state index is -3.41. The zero-order valence-corrected chi connectivity index (χ0v) is 17.6. The van der Waals surface area contributed by atoms with Crippen molar-refractivity contribution in [2.45, 2.75) is 56.6 Å². The maximum atomic E-state index is 13.1. The minimum absolute atomic E-state index is 0.0280. The van der Waals surface area contributed by atoms with Gasteiger partial charge in [0.25, 0.3) is 0 Å². The molecule has 29 heavy (non-hydrogen) atoms. The molecule has 1 aromatic carbocycles. The van der Waals surface area contributed by atoms with Crippen molar-refractivity contribution in [1.82, 2.24) is 14.5 Å². The van der Waals surface area contributed by atoms with Crippen LogP contribution in [-0.2, 0) is 34.2 Å². The summed E-state index contributed by atoms with van der Waals surface area (Å²) in [4.78, 5) is 6.40. The van der Waals surface area contributed by atoms with Crippen molar-refractivity contribution in [3.05, 3.63) is 47.5 Å². The zero-order valence-electron chi connectivity index (χ0n) is 16.8. The summed E-state index contributed by atoms with van der Waals surface area (Å²) >= 11 is 0. The number of nitrogens with zero attached hydrogens (tertiary/aromatic N) is 3. The first kappa shape index (κ1) is 20.5. The molecule has 0 bridgehead atoms. The van der Waals surface area contributed by atoms with Crippen LogP contribution in [-0.4, -0.2) is 48.4 Å². The molecule has 6 nitrogen and oxygen atoms in total. The molecule has 0 radical (unpaired) electrons. The van der Waals surface area contributed by atoms with E-state index in [0.717, 1.165) is 43.5 Å². The Morgan fingerprint density at radius 3 is 2.62 bits per heavy atom. The molecule has 0 unspecified atom stereocenters. The van der Waals surface area contributed by atoms with Crippen LogP contribution in [0, 0.1) is 11.7 Å². The van der Waals surface area contributed by atoms with Crippen molar-refractivity contribution in [2.24, 2.45) is 5.92 Å². The Morgan fingerprint density at radius 1 is 1.21 bits per heavy atom. The Morgan fingerprint density at radius 2 is 1.97 bits per heavy atom. The number of rotatable bonds is 9. The molecule has 8 heteroatoms. The summed E-state index contributed by atoms with van der Waals surface area (Å²) in [5, 5.41) is 0.171. The zero-order chi connectivity index (χ0) is 20.4. The van der Waals surface area contributed by atoms with Crippen LogP contribution >= 0.6 is 0 Å². The highest BCUT2D eigenvalue weighted by Gasteiger charge is 2.33. The summed E-state index contributed by atoms with van der Waals surface area (Å²) in [6.07, 6.45) is 5.61. The monoisotopic (exact) mass is 421 g/mol. The van der Waals surface area contributed by atoms with Crippen LogP contribution in [0.5, 0.6) is 0 Å². The summed E-state index contributed by atoms with van der Waals surface area (Å²) in [5.74, 6) is 0.203. The largest absolute Gasteiger partial charge is 0.376 e. The van der Waals surface area contributed by atoms with Crippen LogP contribution in [0.15, 0.2) is 35.6 Å². The van der Waals surface area contributed by atoms with Crippen molar-refractivity contribution in [3.8, 4) is 0 Å². The van der Waals surface area contributed by atoms with Gasteiger partial charge in [0.2, 0.25) is 15.0 Å². The van der Waals surface area contributed by atoms with Gasteiger partial charge in [-0.25, -0.2) is 17.8 Å². The summed E-state index contributed by atoms with van der Waals surface area (Å²) in [6, 6.07) is 6.43. The second-order valence-corrected chi connectivity index (χ2v) is 10.2. The SMILES string of the molecule is CN(Cc1ccc(F)cc1)Cc1cnc(S(=O)(=O)CC2CC2)n1C[C@@H]1CCCO1. The Hall–Kier alpha value is -1.77. The highest BCUT2D eigenvalue weighted by atomic mass is 32.2. The predicted molar refractivity (Wildman–Crippen MR) is 108 cm³/mol. The number of halogens is 1. The maximum Gasteiger partial charge on any atom is 0.227 e. The Bertz CT molecular complexity index is 933. The first-order chi connectivity index (χ1) is 13.9. The van der Waals surface area contributed by atoms with Crippen molar-refractivity contribution in [2.75, 3.05) is 19.4 Å². The number of hydrogen-bond donors (Lipinski definition) is 0. The van der Waals surface area contributed by atoms with Crippen LogP contribution in [0.3, 0.4) is 0 Å². The van der Waals surface area contributed by atoms with Gasteiger partial charge in [-0.05, 0) is 56.3 Å².